The molecular formula is C20H19N3O3. The predicted octanol–water partition coefficient (Wildman–Crippen LogP) is 3.25. The molecule has 1 amide bonds. The third-order valence-corrected chi connectivity index (χ3v) is 5.01. The lowest BCUT2D eigenvalue weighted by atomic mass is 10.1. The first-order chi connectivity index (χ1) is 12.6. The Hall–Kier alpha value is -3.15. The van der Waals surface area contributed by atoms with Crippen LogP contribution in [-0.2, 0) is 7.05 Å². The number of aromatic carboxylic acids is 1. The number of carboxylic acid groups (broad SMARTS) is 1. The third-order valence-electron chi connectivity index (χ3n) is 5.01. The zero-order valence-corrected chi connectivity index (χ0v) is 14.4. The molecule has 0 spiro atoms. The van der Waals surface area contributed by atoms with Gasteiger partial charge in [0.2, 0.25) is 0 Å². The summed E-state index contributed by atoms with van der Waals surface area (Å²) in [6.45, 7) is 0.674. The summed E-state index contributed by atoms with van der Waals surface area (Å²) >= 11 is 0. The minimum Gasteiger partial charge on any atom is -0.478 e. The van der Waals surface area contributed by atoms with Crippen LogP contribution in [0.15, 0.2) is 48.5 Å². The van der Waals surface area contributed by atoms with Gasteiger partial charge in [-0.05, 0) is 49.2 Å². The Morgan fingerprint density at radius 2 is 1.77 bits per heavy atom. The number of amides is 1. The molecule has 1 atom stereocenters. The molecule has 6 heteroatoms. The van der Waals surface area contributed by atoms with Crippen LogP contribution in [0.2, 0.25) is 0 Å². The predicted molar refractivity (Wildman–Crippen MR) is 97.1 cm³/mol. The lowest BCUT2D eigenvalue weighted by molar-refractivity contribution is 0.0692. The van der Waals surface area contributed by atoms with Gasteiger partial charge in [-0.25, -0.2) is 9.78 Å². The minimum absolute atomic E-state index is 0.0703. The van der Waals surface area contributed by atoms with Gasteiger partial charge in [-0.2, -0.15) is 0 Å². The average Bonchev–Trinajstić information content (AvgIpc) is 3.26. The highest BCUT2D eigenvalue weighted by Crippen LogP contribution is 2.34. The SMILES string of the molecule is Cn1c(C2CCCN2C(=O)c2ccc(C(=O)O)cc2)nc2ccccc21. The number of rotatable bonds is 3. The summed E-state index contributed by atoms with van der Waals surface area (Å²) in [7, 11) is 1.98. The molecular weight excluding hydrogens is 330 g/mol. The van der Waals surface area contributed by atoms with Crippen LogP contribution in [-0.4, -0.2) is 38.0 Å². The highest BCUT2D eigenvalue weighted by atomic mass is 16.4. The van der Waals surface area contributed by atoms with Crippen molar-refractivity contribution in [1.82, 2.24) is 14.5 Å². The van der Waals surface area contributed by atoms with E-state index in [9.17, 15) is 9.59 Å². The average molecular weight is 349 g/mol. The molecule has 0 saturated carbocycles. The summed E-state index contributed by atoms with van der Waals surface area (Å²) < 4.78 is 2.05. The second-order valence-corrected chi connectivity index (χ2v) is 6.56. The lowest BCUT2D eigenvalue weighted by Crippen LogP contribution is -2.31. The highest BCUT2D eigenvalue weighted by Gasteiger charge is 2.33. The van der Waals surface area contributed by atoms with Crippen molar-refractivity contribution in [3.63, 3.8) is 0 Å². The number of fused-ring (bicyclic) bond motifs is 1. The molecule has 0 radical (unpaired) electrons. The van der Waals surface area contributed by atoms with Gasteiger partial charge in [-0.3, -0.25) is 4.79 Å². The highest BCUT2D eigenvalue weighted by molar-refractivity contribution is 5.96. The van der Waals surface area contributed by atoms with Crippen molar-refractivity contribution in [2.75, 3.05) is 6.54 Å². The van der Waals surface area contributed by atoms with Crippen molar-refractivity contribution >= 4 is 22.9 Å². The standard InChI is InChI=1S/C20H19N3O3/c1-22-16-6-3-2-5-15(16)21-18(22)17-7-4-12-23(17)19(24)13-8-10-14(11-9-13)20(25)26/h2-3,5-6,8-11,17H,4,7,12H2,1H3,(H,25,26). The van der Waals surface area contributed by atoms with Gasteiger partial charge in [-0.15, -0.1) is 0 Å². The van der Waals surface area contributed by atoms with Crippen LogP contribution in [0.5, 0.6) is 0 Å². The second-order valence-electron chi connectivity index (χ2n) is 6.56. The Bertz CT molecular complexity index is 991. The monoisotopic (exact) mass is 349 g/mol. The molecule has 1 aliphatic heterocycles. The molecule has 4 rings (SSSR count). The van der Waals surface area contributed by atoms with E-state index in [-0.39, 0.29) is 17.5 Å². The summed E-state index contributed by atoms with van der Waals surface area (Å²) in [6, 6.07) is 14.0. The number of carbonyl (C=O) groups is 2. The molecule has 6 nitrogen and oxygen atoms in total. The zero-order valence-electron chi connectivity index (χ0n) is 14.4. The normalized spacial score (nSPS) is 17.0. The summed E-state index contributed by atoms with van der Waals surface area (Å²) in [5.41, 5.74) is 2.65. The summed E-state index contributed by atoms with van der Waals surface area (Å²) in [4.78, 5) is 30.6. The molecule has 1 N–H and O–H groups in total. The molecule has 0 bridgehead atoms. The topological polar surface area (TPSA) is 75.4 Å². The van der Waals surface area contributed by atoms with E-state index >= 15 is 0 Å². The summed E-state index contributed by atoms with van der Waals surface area (Å²) in [6.07, 6.45) is 1.79. The summed E-state index contributed by atoms with van der Waals surface area (Å²) in [5.74, 6) is -0.196. The van der Waals surface area contributed by atoms with Gasteiger partial charge < -0.3 is 14.6 Å². The molecule has 2 aromatic carbocycles. The molecule has 2 heterocycles. The van der Waals surface area contributed by atoms with Crippen LogP contribution >= 0.6 is 0 Å². The van der Waals surface area contributed by atoms with Gasteiger partial charge in [0.15, 0.2) is 0 Å². The number of hydrogen-bond acceptors (Lipinski definition) is 3. The second kappa shape index (κ2) is 6.29. The van der Waals surface area contributed by atoms with Gasteiger partial charge in [0.05, 0.1) is 22.6 Å². The number of aryl methyl sites for hydroxylation is 1. The maximum atomic E-state index is 13.0. The number of carboxylic acids is 1. The van der Waals surface area contributed by atoms with Crippen LogP contribution < -0.4 is 0 Å². The van der Waals surface area contributed by atoms with Crippen molar-refractivity contribution in [2.24, 2.45) is 7.05 Å². The van der Waals surface area contributed by atoms with E-state index in [1.165, 1.54) is 12.1 Å². The minimum atomic E-state index is -0.997. The molecule has 26 heavy (non-hydrogen) atoms. The Balaban J connectivity index is 1.66. The Morgan fingerprint density at radius 1 is 1.08 bits per heavy atom. The Morgan fingerprint density at radius 3 is 2.46 bits per heavy atom. The van der Waals surface area contributed by atoms with Crippen LogP contribution in [0.4, 0.5) is 0 Å². The molecule has 1 aliphatic rings. The Kier molecular flexibility index (Phi) is 3.95. The fourth-order valence-electron chi connectivity index (χ4n) is 3.66. The molecule has 1 saturated heterocycles. The smallest absolute Gasteiger partial charge is 0.335 e. The maximum absolute atomic E-state index is 13.0. The van der Waals surface area contributed by atoms with Crippen LogP contribution in [0.3, 0.4) is 0 Å². The van der Waals surface area contributed by atoms with Crippen molar-refractivity contribution < 1.29 is 14.7 Å². The van der Waals surface area contributed by atoms with Gasteiger partial charge in [0, 0.05) is 19.2 Å². The number of para-hydroxylation sites is 2. The van der Waals surface area contributed by atoms with E-state index in [4.69, 9.17) is 10.1 Å². The molecule has 1 aromatic heterocycles. The number of imidazole rings is 1. The van der Waals surface area contributed by atoms with E-state index in [2.05, 4.69) is 4.57 Å². The van der Waals surface area contributed by atoms with Crippen molar-refractivity contribution in [3.8, 4) is 0 Å². The maximum Gasteiger partial charge on any atom is 0.335 e. The first-order valence-electron chi connectivity index (χ1n) is 8.62. The van der Waals surface area contributed by atoms with E-state index in [1.54, 1.807) is 12.1 Å². The molecule has 132 valence electrons. The zero-order chi connectivity index (χ0) is 18.3. The number of aromatic nitrogens is 2. The first kappa shape index (κ1) is 16.3. The molecule has 3 aromatic rings. The number of hydrogen-bond donors (Lipinski definition) is 1. The van der Waals surface area contributed by atoms with Gasteiger partial charge >= 0.3 is 5.97 Å². The van der Waals surface area contributed by atoms with Crippen LogP contribution in [0.1, 0.15) is 45.4 Å². The number of carbonyl (C=O) groups excluding carboxylic acids is 1. The van der Waals surface area contributed by atoms with Gasteiger partial charge in [-0.1, -0.05) is 12.1 Å². The number of benzene rings is 2. The van der Waals surface area contributed by atoms with E-state index in [0.29, 0.717) is 12.1 Å². The molecule has 0 aliphatic carbocycles. The fraction of sp³-hybridized carbons (Fsp3) is 0.250. The number of nitrogens with zero attached hydrogens (tertiary/aromatic N) is 3. The van der Waals surface area contributed by atoms with Gasteiger partial charge in [0.1, 0.15) is 5.82 Å². The van der Waals surface area contributed by atoms with Gasteiger partial charge in [0.25, 0.3) is 5.91 Å². The summed E-state index contributed by atoms with van der Waals surface area (Å²) in [5, 5.41) is 9.01. The van der Waals surface area contributed by atoms with E-state index < -0.39 is 5.97 Å². The quantitative estimate of drug-likeness (QED) is 0.787. The fourth-order valence-corrected chi connectivity index (χ4v) is 3.66. The Labute approximate surface area is 150 Å². The van der Waals surface area contributed by atoms with Crippen molar-refractivity contribution in [3.05, 3.63) is 65.5 Å². The van der Waals surface area contributed by atoms with Crippen molar-refractivity contribution in [2.45, 2.75) is 18.9 Å². The molecule has 1 fully saturated rings. The molecule has 1 unspecified atom stereocenters. The van der Waals surface area contributed by atoms with Crippen LogP contribution in [0.25, 0.3) is 11.0 Å². The number of likely N-dealkylation sites (tertiary alicyclic amines) is 1. The van der Waals surface area contributed by atoms with Crippen molar-refractivity contribution in [1.29, 1.82) is 0 Å². The van der Waals surface area contributed by atoms with E-state index in [1.807, 2.05) is 36.2 Å². The lowest BCUT2D eigenvalue weighted by Gasteiger charge is -2.24. The third kappa shape index (κ3) is 2.63. The largest absolute Gasteiger partial charge is 0.478 e. The van der Waals surface area contributed by atoms with Crippen LogP contribution in [0, 0.1) is 0 Å². The van der Waals surface area contributed by atoms with E-state index in [0.717, 1.165) is 29.7 Å². The first-order valence-corrected chi connectivity index (χ1v) is 8.62.